The molecule has 3 aromatic rings. The first-order valence-electron chi connectivity index (χ1n) is 9.81. The van der Waals surface area contributed by atoms with E-state index in [4.69, 9.17) is 9.84 Å². The standard InChI is InChI=1S/C22H19N5O3S/c1-3-26-16-7-5-4-6-14(16)20(21(26)29)25-27-17(12-31-22(27)23-2)13-8-9-18-15(10-13)24-19(28)11-30-18/h4-10,12H,3,11H2,1-2H3,(H,24,28). The van der Waals surface area contributed by atoms with Crippen molar-refractivity contribution in [1.82, 2.24) is 4.68 Å². The molecule has 1 aromatic heterocycles. The molecule has 1 N–H and O–H groups in total. The molecule has 9 heteroatoms. The third kappa shape index (κ3) is 3.14. The number of carbonyl (C=O) groups is 2. The Hall–Kier alpha value is -3.72. The normalized spacial score (nSPS) is 16.9. The lowest BCUT2D eigenvalue weighted by molar-refractivity contribution is -0.118. The highest BCUT2D eigenvalue weighted by atomic mass is 32.1. The highest BCUT2D eigenvalue weighted by Crippen LogP contribution is 2.34. The number of anilines is 2. The van der Waals surface area contributed by atoms with Gasteiger partial charge in [0.05, 0.1) is 17.1 Å². The van der Waals surface area contributed by atoms with Crippen LogP contribution in [0.5, 0.6) is 5.75 Å². The molecule has 0 unspecified atom stereocenters. The quantitative estimate of drug-likeness (QED) is 0.689. The van der Waals surface area contributed by atoms with E-state index in [1.807, 2.05) is 54.8 Å². The molecule has 0 saturated heterocycles. The van der Waals surface area contributed by atoms with E-state index >= 15 is 0 Å². The second-order valence-electron chi connectivity index (χ2n) is 7.00. The molecule has 31 heavy (non-hydrogen) atoms. The molecule has 2 amide bonds. The fraction of sp³-hybridized carbons (Fsp3) is 0.182. The molecule has 0 fully saturated rings. The number of nitrogens with zero attached hydrogens (tertiary/aromatic N) is 4. The zero-order valence-electron chi connectivity index (χ0n) is 17.0. The Morgan fingerprint density at radius 2 is 2.03 bits per heavy atom. The molecule has 8 nitrogen and oxygen atoms in total. The van der Waals surface area contributed by atoms with Crippen molar-refractivity contribution in [3.05, 3.63) is 58.2 Å². The lowest BCUT2D eigenvalue weighted by Gasteiger charge is -2.18. The van der Waals surface area contributed by atoms with E-state index in [1.165, 1.54) is 11.3 Å². The molecule has 0 atom stereocenters. The van der Waals surface area contributed by atoms with Crippen LogP contribution in [-0.2, 0) is 9.59 Å². The molecule has 5 rings (SSSR count). The molecule has 2 aromatic carbocycles. The van der Waals surface area contributed by atoms with E-state index in [0.29, 0.717) is 28.5 Å². The van der Waals surface area contributed by atoms with E-state index in [9.17, 15) is 9.59 Å². The number of para-hydroxylation sites is 1. The number of nitrogens with one attached hydrogen (secondary N) is 1. The summed E-state index contributed by atoms with van der Waals surface area (Å²) in [4.78, 5) is 31.5. The summed E-state index contributed by atoms with van der Waals surface area (Å²) < 4.78 is 7.14. The Morgan fingerprint density at radius 3 is 2.84 bits per heavy atom. The van der Waals surface area contributed by atoms with Crippen molar-refractivity contribution in [2.75, 3.05) is 30.4 Å². The van der Waals surface area contributed by atoms with Crippen LogP contribution < -0.4 is 19.8 Å². The minimum Gasteiger partial charge on any atom is -0.482 e. The Labute approximate surface area is 182 Å². The van der Waals surface area contributed by atoms with Gasteiger partial charge in [0.2, 0.25) is 4.80 Å². The van der Waals surface area contributed by atoms with Gasteiger partial charge in [0.1, 0.15) is 5.75 Å². The molecule has 0 aliphatic carbocycles. The SMILES string of the molecule is CCN1C(=O)C(=Nn2c(-c3ccc4c(c3)NC(=O)CO4)csc2=NC)c2ccccc21. The van der Waals surface area contributed by atoms with Gasteiger partial charge in [-0.05, 0) is 31.2 Å². The number of hydrogen-bond donors (Lipinski definition) is 1. The maximum Gasteiger partial charge on any atom is 0.279 e. The molecule has 0 spiro atoms. The van der Waals surface area contributed by atoms with Gasteiger partial charge in [-0.2, -0.15) is 5.10 Å². The van der Waals surface area contributed by atoms with Crippen molar-refractivity contribution < 1.29 is 14.3 Å². The summed E-state index contributed by atoms with van der Waals surface area (Å²) in [6.07, 6.45) is 0. The summed E-state index contributed by atoms with van der Waals surface area (Å²) in [6, 6.07) is 13.2. The molecule has 2 aliphatic heterocycles. The predicted molar refractivity (Wildman–Crippen MR) is 120 cm³/mol. The van der Waals surface area contributed by atoms with E-state index in [0.717, 1.165) is 22.5 Å². The van der Waals surface area contributed by atoms with Crippen LogP contribution in [0.15, 0.2) is 57.9 Å². The number of rotatable bonds is 3. The van der Waals surface area contributed by atoms with Gasteiger partial charge in [-0.25, -0.2) is 4.68 Å². The number of hydrogen-bond acceptors (Lipinski definition) is 6. The van der Waals surface area contributed by atoms with Gasteiger partial charge in [-0.3, -0.25) is 14.6 Å². The molecule has 0 saturated carbocycles. The lowest BCUT2D eigenvalue weighted by atomic mass is 10.1. The average Bonchev–Trinajstić information content (AvgIpc) is 3.31. The minimum atomic E-state index is -0.194. The highest BCUT2D eigenvalue weighted by Gasteiger charge is 2.33. The topological polar surface area (TPSA) is 88.3 Å². The summed E-state index contributed by atoms with van der Waals surface area (Å²) in [6.45, 7) is 2.51. The van der Waals surface area contributed by atoms with E-state index in [2.05, 4.69) is 10.3 Å². The fourth-order valence-electron chi connectivity index (χ4n) is 3.76. The van der Waals surface area contributed by atoms with Crippen LogP contribution in [0.1, 0.15) is 12.5 Å². The zero-order valence-corrected chi connectivity index (χ0v) is 17.8. The molecule has 156 valence electrons. The summed E-state index contributed by atoms with van der Waals surface area (Å²) in [5.41, 5.74) is 4.23. The van der Waals surface area contributed by atoms with Gasteiger partial charge in [-0.15, -0.1) is 11.3 Å². The maximum absolute atomic E-state index is 13.1. The molecule has 0 radical (unpaired) electrons. The summed E-state index contributed by atoms with van der Waals surface area (Å²) >= 11 is 1.43. The zero-order chi connectivity index (χ0) is 21.5. The van der Waals surface area contributed by atoms with Crippen LogP contribution in [0.25, 0.3) is 11.3 Å². The van der Waals surface area contributed by atoms with E-state index < -0.39 is 0 Å². The molecule has 0 bridgehead atoms. The number of amides is 2. The van der Waals surface area contributed by atoms with Gasteiger partial charge in [-0.1, -0.05) is 18.2 Å². The second-order valence-corrected chi connectivity index (χ2v) is 7.84. The number of ether oxygens (including phenoxy) is 1. The fourth-order valence-corrected chi connectivity index (χ4v) is 4.56. The summed E-state index contributed by atoms with van der Waals surface area (Å²) in [5.74, 6) is 0.289. The number of carbonyl (C=O) groups excluding carboxylic acids is 2. The molecule has 3 heterocycles. The monoisotopic (exact) mass is 433 g/mol. The van der Waals surface area contributed by atoms with E-state index in [1.54, 1.807) is 16.6 Å². The largest absolute Gasteiger partial charge is 0.482 e. The highest BCUT2D eigenvalue weighted by molar-refractivity contribution is 7.07. The van der Waals surface area contributed by atoms with Crippen LogP contribution >= 0.6 is 11.3 Å². The third-order valence-corrected chi connectivity index (χ3v) is 6.11. The Bertz CT molecular complexity index is 1320. The van der Waals surface area contributed by atoms with Crippen molar-refractivity contribution in [2.45, 2.75) is 6.92 Å². The number of fused-ring (bicyclic) bond motifs is 2. The van der Waals surface area contributed by atoms with Crippen molar-refractivity contribution >= 4 is 40.2 Å². The Kier molecular flexibility index (Phi) is 4.67. The number of benzene rings is 2. The lowest BCUT2D eigenvalue weighted by Crippen LogP contribution is -2.30. The predicted octanol–water partition coefficient (Wildman–Crippen LogP) is 2.70. The summed E-state index contributed by atoms with van der Waals surface area (Å²) in [5, 5.41) is 9.51. The van der Waals surface area contributed by atoms with Crippen molar-refractivity contribution in [3.63, 3.8) is 0 Å². The van der Waals surface area contributed by atoms with Crippen molar-refractivity contribution in [2.24, 2.45) is 10.1 Å². The first-order chi connectivity index (χ1) is 15.1. The number of thiazole rings is 1. The van der Waals surface area contributed by atoms with Crippen LogP contribution in [0, 0.1) is 0 Å². The van der Waals surface area contributed by atoms with Crippen LogP contribution in [0.2, 0.25) is 0 Å². The number of aromatic nitrogens is 1. The molecular weight excluding hydrogens is 414 g/mol. The minimum absolute atomic E-state index is 0.00671. The van der Waals surface area contributed by atoms with Crippen molar-refractivity contribution in [1.29, 1.82) is 0 Å². The maximum atomic E-state index is 13.1. The van der Waals surface area contributed by atoms with E-state index in [-0.39, 0.29) is 18.4 Å². The third-order valence-electron chi connectivity index (χ3n) is 5.20. The van der Waals surface area contributed by atoms with Gasteiger partial charge >= 0.3 is 0 Å². The Balaban J connectivity index is 1.66. The van der Waals surface area contributed by atoms with Crippen LogP contribution in [-0.4, -0.2) is 42.4 Å². The van der Waals surface area contributed by atoms with Crippen LogP contribution in [0.4, 0.5) is 11.4 Å². The Morgan fingerprint density at radius 1 is 1.19 bits per heavy atom. The number of likely N-dealkylation sites (N-methyl/N-ethyl adjacent to an activating group) is 1. The first-order valence-corrected chi connectivity index (χ1v) is 10.7. The molecular formula is C22H19N5O3S. The summed E-state index contributed by atoms with van der Waals surface area (Å²) in [7, 11) is 1.69. The molecule has 2 aliphatic rings. The van der Waals surface area contributed by atoms with Gasteiger partial charge in [0.25, 0.3) is 11.8 Å². The van der Waals surface area contributed by atoms with Gasteiger partial charge in [0.15, 0.2) is 12.3 Å². The second kappa shape index (κ2) is 7.51. The van der Waals surface area contributed by atoms with Crippen molar-refractivity contribution in [3.8, 4) is 17.0 Å². The first kappa shape index (κ1) is 19.3. The smallest absolute Gasteiger partial charge is 0.279 e. The average molecular weight is 433 g/mol. The van der Waals surface area contributed by atoms with Gasteiger partial charge < -0.3 is 15.0 Å². The van der Waals surface area contributed by atoms with Crippen LogP contribution in [0.3, 0.4) is 0 Å². The van der Waals surface area contributed by atoms with Gasteiger partial charge in [0, 0.05) is 30.1 Å².